The minimum atomic E-state index is -3.54. The standard InChI is InChI=1S/C29H33N3O5S.H2/c1-3-23-6-5-17-32(23)38(35,36)24-12-9-20(10-13-24)25-7-4-8-27(30-25)31-28(34)29(15-16-29)22-11-14-26(37-2)21(18-22)19-33;/h4,7-14,18,23,33H,3,5-6,15-17,19H2,1-2H3,(H,30,31,34);1H/t23-;/m0./s1. The highest BCUT2D eigenvalue weighted by atomic mass is 32.2. The molecule has 3 aromatic rings. The van der Waals surface area contributed by atoms with Gasteiger partial charge in [-0.3, -0.25) is 4.79 Å². The number of carbonyl (C=O) groups excluding carboxylic acids is 1. The monoisotopic (exact) mass is 537 g/mol. The molecule has 2 N–H and O–H groups in total. The van der Waals surface area contributed by atoms with Gasteiger partial charge in [0, 0.05) is 25.1 Å². The van der Waals surface area contributed by atoms with Crippen molar-refractivity contribution in [2.45, 2.75) is 62.0 Å². The molecule has 0 unspecified atom stereocenters. The second-order valence-electron chi connectivity index (χ2n) is 9.97. The van der Waals surface area contributed by atoms with E-state index in [9.17, 15) is 18.3 Å². The first-order chi connectivity index (χ1) is 18.3. The van der Waals surface area contributed by atoms with Crippen LogP contribution in [0.5, 0.6) is 5.75 Å². The first-order valence-electron chi connectivity index (χ1n) is 13.0. The maximum Gasteiger partial charge on any atom is 0.243 e. The number of aliphatic hydroxyl groups excluding tert-OH is 1. The van der Waals surface area contributed by atoms with Crippen molar-refractivity contribution in [3.8, 4) is 17.0 Å². The molecule has 1 aliphatic carbocycles. The van der Waals surface area contributed by atoms with Crippen molar-refractivity contribution in [3.05, 3.63) is 71.8 Å². The fourth-order valence-corrected chi connectivity index (χ4v) is 7.11. The van der Waals surface area contributed by atoms with Crippen molar-refractivity contribution in [1.29, 1.82) is 0 Å². The third-order valence-corrected chi connectivity index (χ3v) is 9.70. The van der Waals surface area contributed by atoms with Crippen LogP contribution >= 0.6 is 0 Å². The van der Waals surface area contributed by atoms with E-state index in [0.29, 0.717) is 42.2 Å². The molecule has 1 aliphatic heterocycles. The van der Waals surface area contributed by atoms with E-state index in [1.165, 1.54) is 0 Å². The molecule has 2 aliphatic rings. The van der Waals surface area contributed by atoms with Gasteiger partial charge in [0.2, 0.25) is 15.9 Å². The summed E-state index contributed by atoms with van der Waals surface area (Å²) in [6, 6.07) is 17.7. The fourth-order valence-electron chi connectivity index (χ4n) is 5.34. The number of nitrogens with one attached hydrogen (secondary N) is 1. The highest BCUT2D eigenvalue weighted by Crippen LogP contribution is 2.49. The van der Waals surface area contributed by atoms with Gasteiger partial charge in [0.05, 0.1) is 29.7 Å². The summed E-state index contributed by atoms with van der Waals surface area (Å²) < 4.78 is 33.2. The first-order valence-corrected chi connectivity index (χ1v) is 14.5. The van der Waals surface area contributed by atoms with Crippen LogP contribution in [0.25, 0.3) is 11.3 Å². The lowest BCUT2D eigenvalue weighted by molar-refractivity contribution is -0.118. The van der Waals surface area contributed by atoms with Gasteiger partial charge in [-0.15, -0.1) is 0 Å². The summed E-state index contributed by atoms with van der Waals surface area (Å²) in [5.74, 6) is 0.870. The molecule has 1 atom stereocenters. The Bertz CT molecular complexity index is 1440. The number of hydrogen-bond donors (Lipinski definition) is 2. The van der Waals surface area contributed by atoms with Gasteiger partial charge < -0.3 is 15.2 Å². The third-order valence-electron chi connectivity index (χ3n) is 7.73. The molecule has 8 nitrogen and oxygen atoms in total. The third kappa shape index (κ3) is 4.81. The molecule has 202 valence electrons. The smallest absolute Gasteiger partial charge is 0.243 e. The Kier molecular flexibility index (Phi) is 7.26. The Balaban J connectivity index is 0.00000353. The molecular formula is C29H35N3O5S. The molecule has 0 radical (unpaired) electrons. The van der Waals surface area contributed by atoms with E-state index in [1.807, 2.05) is 31.2 Å². The lowest BCUT2D eigenvalue weighted by Gasteiger charge is -2.23. The van der Waals surface area contributed by atoms with Gasteiger partial charge in [-0.05, 0) is 74.1 Å². The highest BCUT2D eigenvalue weighted by Gasteiger charge is 2.51. The van der Waals surface area contributed by atoms with Crippen LogP contribution in [0.15, 0.2) is 65.6 Å². The van der Waals surface area contributed by atoms with E-state index in [4.69, 9.17) is 4.74 Å². The van der Waals surface area contributed by atoms with E-state index in [-0.39, 0.29) is 24.9 Å². The molecule has 2 aromatic carbocycles. The van der Waals surface area contributed by atoms with Crippen LogP contribution in [0.1, 0.15) is 51.6 Å². The SMILES string of the molecule is CC[C@H]1CCCN1S(=O)(=O)c1ccc(-c2cccc(NC(=O)C3(c4ccc(OC)c(CO)c4)CC3)n2)cc1.[HH]. The first kappa shape index (κ1) is 26.3. The molecule has 1 amide bonds. The van der Waals surface area contributed by atoms with Gasteiger partial charge in [-0.2, -0.15) is 4.31 Å². The summed E-state index contributed by atoms with van der Waals surface area (Å²) >= 11 is 0. The molecule has 0 bridgehead atoms. The molecule has 2 heterocycles. The van der Waals surface area contributed by atoms with E-state index in [0.717, 1.165) is 30.4 Å². The van der Waals surface area contributed by atoms with Crippen LogP contribution in [0.2, 0.25) is 0 Å². The number of aliphatic hydroxyl groups is 1. The Morgan fingerprint density at radius 1 is 1.18 bits per heavy atom. The molecule has 9 heteroatoms. The van der Waals surface area contributed by atoms with Crippen LogP contribution in [0.3, 0.4) is 0 Å². The summed E-state index contributed by atoms with van der Waals surface area (Å²) in [6.45, 7) is 2.41. The zero-order valence-electron chi connectivity index (χ0n) is 21.7. The van der Waals surface area contributed by atoms with E-state index < -0.39 is 15.4 Å². The second-order valence-corrected chi connectivity index (χ2v) is 11.9. The quantitative estimate of drug-likeness (QED) is 0.409. The number of ether oxygens (including phenoxy) is 1. The number of pyridine rings is 1. The van der Waals surface area contributed by atoms with Crippen molar-refractivity contribution in [1.82, 2.24) is 9.29 Å². The van der Waals surface area contributed by atoms with Crippen LogP contribution in [0.4, 0.5) is 5.82 Å². The van der Waals surface area contributed by atoms with E-state index >= 15 is 0 Å². The van der Waals surface area contributed by atoms with Crippen LogP contribution in [-0.4, -0.2) is 48.4 Å². The molecule has 0 spiro atoms. The lowest BCUT2D eigenvalue weighted by atomic mass is 9.93. The number of carbonyl (C=O) groups is 1. The molecular weight excluding hydrogens is 502 g/mol. The number of sulfonamides is 1. The minimum absolute atomic E-state index is 0. The van der Waals surface area contributed by atoms with Crippen molar-refractivity contribution in [3.63, 3.8) is 0 Å². The predicted molar refractivity (Wildman–Crippen MR) is 147 cm³/mol. The number of hydrogen-bond acceptors (Lipinski definition) is 6. The normalized spacial score (nSPS) is 18.8. The molecule has 5 rings (SSSR count). The minimum Gasteiger partial charge on any atom is -0.496 e. The van der Waals surface area contributed by atoms with Crippen LogP contribution < -0.4 is 10.1 Å². The summed E-state index contributed by atoms with van der Waals surface area (Å²) in [4.78, 5) is 18.2. The molecule has 1 saturated heterocycles. The average Bonchev–Trinajstić information content (AvgIpc) is 3.62. The molecule has 2 fully saturated rings. The number of rotatable bonds is 9. The summed E-state index contributed by atoms with van der Waals surface area (Å²) in [7, 11) is -1.99. The van der Waals surface area contributed by atoms with E-state index in [2.05, 4.69) is 10.3 Å². The second kappa shape index (κ2) is 10.5. The van der Waals surface area contributed by atoms with Gasteiger partial charge in [-0.25, -0.2) is 13.4 Å². The van der Waals surface area contributed by atoms with Crippen molar-refractivity contribution < 1.29 is 24.5 Å². The number of methoxy groups -OCH3 is 1. The zero-order valence-corrected chi connectivity index (χ0v) is 22.5. The number of amides is 1. The van der Waals surface area contributed by atoms with Crippen LogP contribution in [-0.2, 0) is 26.8 Å². The fraction of sp³-hybridized carbons (Fsp3) is 0.379. The van der Waals surface area contributed by atoms with Gasteiger partial charge in [0.1, 0.15) is 11.6 Å². The van der Waals surface area contributed by atoms with Gasteiger partial charge >= 0.3 is 0 Å². The summed E-state index contributed by atoms with van der Waals surface area (Å²) in [5, 5.41) is 12.6. The Morgan fingerprint density at radius 3 is 2.61 bits per heavy atom. The number of nitrogens with zero attached hydrogens (tertiary/aromatic N) is 2. The molecule has 1 aromatic heterocycles. The van der Waals surface area contributed by atoms with Gasteiger partial charge in [0.25, 0.3) is 0 Å². The number of aromatic nitrogens is 1. The predicted octanol–water partition coefficient (Wildman–Crippen LogP) is 4.73. The lowest BCUT2D eigenvalue weighted by Crippen LogP contribution is -2.35. The Hall–Kier alpha value is -3.27. The maximum atomic E-state index is 13.3. The number of anilines is 1. The topological polar surface area (TPSA) is 109 Å². The van der Waals surface area contributed by atoms with Gasteiger partial charge in [-0.1, -0.05) is 31.2 Å². The Morgan fingerprint density at radius 2 is 1.95 bits per heavy atom. The molecule has 1 saturated carbocycles. The van der Waals surface area contributed by atoms with Crippen molar-refractivity contribution >= 4 is 21.7 Å². The van der Waals surface area contributed by atoms with E-state index in [1.54, 1.807) is 47.8 Å². The van der Waals surface area contributed by atoms with Crippen molar-refractivity contribution in [2.75, 3.05) is 19.0 Å². The molecule has 38 heavy (non-hydrogen) atoms. The largest absolute Gasteiger partial charge is 0.496 e. The van der Waals surface area contributed by atoms with Crippen molar-refractivity contribution in [2.24, 2.45) is 0 Å². The van der Waals surface area contributed by atoms with Crippen LogP contribution in [0, 0.1) is 0 Å². The highest BCUT2D eigenvalue weighted by molar-refractivity contribution is 7.89. The average molecular weight is 538 g/mol. The van der Waals surface area contributed by atoms with Gasteiger partial charge in [0.15, 0.2) is 0 Å². The Labute approximate surface area is 225 Å². The maximum absolute atomic E-state index is 13.3. The summed E-state index contributed by atoms with van der Waals surface area (Å²) in [5.41, 5.74) is 2.23. The number of benzene rings is 2. The summed E-state index contributed by atoms with van der Waals surface area (Å²) in [6.07, 6.45) is 4.02. The zero-order chi connectivity index (χ0) is 26.9.